The molecule has 0 aromatic carbocycles. The Hall–Kier alpha value is -1.20. The Kier molecular flexibility index (Phi) is 6.60. The average molecular weight is 252 g/mol. The zero-order valence-corrected chi connectivity index (χ0v) is 11.6. The molecular weight excluding hydrogens is 228 g/mol. The van der Waals surface area contributed by atoms with Crippen LogP contribution in [-0.4, -0.2) is 36.3 Å². The number of rotatable bonds is 8. The van der Waals surface area contributed by atoms with Gasteiger partial charge in [-0.3, -0.25) is 0 Å². The van der Waals surface area contributed by atoms with Crippen molar-refractivity contribution in [1.29, 1.82) is 0 Å². The lowest BCUT2D eigenvalue weighted by Crippen LogP contribution is -2.38. The number of hydrogen-bond donors (Lipinski definition) is 1. The van der Waals surface area contributed by atoms with Crippen molar-refractivity contribution < 1.29 is 4.74 Å². The van der Waals surface area contributed by atoms with Crippen LogP contribution in [0.3, 0.4) is 0 Å². The molecule has 18 heavy (non-hydrogen) atoms. The molecule has 0 bridgehead atoms. The minimum atomic E-state index is 0.438. The van der Waals surface area contributed by atoms with Crippen LogP contribution in [0.1, 0.15) is 32.4 Å². The summed E-state index contributed by atoms with van der Waals surface area (Å²) in [6, 6.07) is 2.29. The van der Waals surface area contributed by atoms with E-state index in [1.165, 1.54) is 0 Å². The molecule has 0 saturated carbocycles. The van der Waals surface area contributed by atoms with Crippen LogP contribution in [0.15, 0.2) is 12.3 Å². The third-order valence-electron chi connectivity index (χ3n) is 3.09. The van der Waals surface area contributed by atoms with Crippen LogP contribution in [-0.2, 0) is 11.3 Å². The van der Waals surface area contributed by atoms with Gasteiger partial charge in [0.2, 0.25) is 5.95 Å². The Morgan fingerprint density at radius 1 is 1.39 bits per heavy atom. The van der Waals surface area contributed by atoms with E-state index in [4.69, 9.17) is 10.5 Å². The quantitative estimate of drug-likeness (QED) is 0.761. The SMILES string of the molecule is CCC(CC)N(CCOC)c1nccc(CN)n1. The van der Waals surface area contributed by atoms with E-state index < -0.39 is 0 Å². The molecule has 5 nitrogen and oxygen atoms in total. The van der Waals surface area contributed by atoms with Crippen molar-refractivity contribution >= 4 is 5.95 Å². The van der Waals surface area contributed by atoms with E-state index in [2.05, 4.69) is 28.7 Å². The molecule has 0 unspecified atom stereocenters. The topological polar surface area (TPSA) is 64.3 Å². The fraction of sp³-hybridized carbons (Fsp3) is 0.692. The summed E-state index contributed by atoms with van der Waals surface area (Å²) in [4.78, 5) is 11.1. The molecule has 5 heteroatoms. The molecule has 1 heterocycles. The number of aromatic nitrogens is 2. The Bertz CT molecular complexity index is 342. The third-order valence-corrected chi connectivity index (χ3v) is 3.09. The van der Waals surface area contributed by atoms with E-state index in [1.807, 2.05) is 6.07 Å². The van der Waals surface area contributed by atoms with Crippen LogP contribution in [0.4, 0.5) is 5.95 Å². The zero-order chi connectivity index (χ0) is 13.4. The highest BCUT2D eigenvalue weighted by Crippen LogP contribution is 2.16. The lowest BCUT2D eigenvalue weighted by atomic mass is 10.1. The summed E-state index contributed by atoms with van der Waals surface area (Å²) < 4.78 is 5.17. The highest BCUT2D eigenvalue weighted by atomic mass is 16.5. The van der Waals surface area contributed by atoms with Gasteiger partial charge in [0.05, 0.1) is 12.3 Å². The summed E-state index contributed by atoms with van der Waals surface area (Å²) in [6.45, 7) is 6.28. The van der Waals surface area contributed by atoms with E-state index >= 15 is 0 Å². The second-order valence-corrected chi connectivity index (χ2v) is 4.21. The molecule has 0 saturated heterocycles. The van der Waals surface area contributed by atoms with Gasteiger partial charge in [0.1, 0.15) is 0 Å². The summed E-state index contributed by atoms with van der Waals surface area (Å²) in [7, 11) is 1.71. The van der Waals surface area contributed by atoms with E-state index in [0.717, 1.165) is 31.0 Å². The van der Waals surface area contributed by atoms with Crippen molar-refractivity contribution in [2.75, 3.05) is 25.2 Å². The van der Waals surface area contributed by atoms with Crippen LogP contribution in [0.2, 0.25) is 0 Å². The normalized spacial score (nSPS) is 10.9. The summed E-state index contributed by atoms with van der Waals surface area (Å²) in [6.07, 6.45) is 3.90. The summed E-state index contributed by atoms with van der Waals surface area (Å²) >= 11 is 0. The van der Waals surface area contributed by atoms with E-state index in [-0.39, 0.29) is 0 Å². The fourth-order valence-electron chi connectivity index (χ4n) is 2.00. The van der Waals surface area contributed by atoms with Gasteiger partial charge in [0.15, 0.2) is 0 Å². The van der Waals surface area contributed by atoms with Crippen molar-refractivity contribution in [2.24, 2.45) is 5.73 Å². The number of anilines is 1. The molecule has 0 amide bonds. The highest BCUT2D eigenvalue weighted by molar-refractivity contribution is 5.32. The van der Waals surface area contributed by atoms with E-state index in [0.29, 0.717) is 19.2 Å². The van der Waals surface area contributed by atoms with Crippen molar-refractivity contribution in [1.82, 2.24) is 9.97 Å². The van der Waals surface area contributed by atoms with Crippen LogP contribution in [0.5, 0.6) is 0 Å². The molecule has 1 aromatic rings. The first-order valence-corrected chi connectivity index (χ1v) is 6.54. The molecule has 1 aromatic heterocycles. The first kappa shape index (κ1) is 14.9. The molecule has 0 fully saturated rings. The average Bonchev–Trinajstić information content (AvgIpc) is 2.43. The van der Waals surface area contributed by atoms with Crippen molar-refractivity contribution in [2.45, 2.75) is 39.3 Å². The van der Waals surface area contributed by atoms with Crippen LogP contribution in [0.25, 0.3) is 0 Å². The molecule has 0 aliphatic rings. The van der Waals surface area contributed by atoms with Crippen LogP contribution >= 0.6 is 0 Å². The second kappa shape index (κ2) is 8.00. The van der Waals surface area contributed by atoms with Gasteiger partial charge in [0.25, 0.3) is 0 Å². The van der Waals surface area contributed by atoms with Gasteiger partial charge in [-0.25, -0.2) is 9.97 Å². The lowest BCUT2D eigenvalue weighted by molar-refractivity contribution is 0.202. The molecule has 0 aliphatic heterocycles. The van der Waals surface area contributed by atoms with Gasteiger partial charge in [0, 0.05) is 32.4 Å². The van der Waals surface area contributed by atoms with Crippen molar-refractivity contribution in [3.63, 3.8) is 0 Å². The zero-order valence-electron chi connectivity index (χ0n) is 11.6. The second-order valence-electron chi connectivity index (χ2n) is 4.21. The number of hydrogen-bond acceptors (Lipinski definition) is 5. The minimum Gasteiger partial charge on any atom is -0.383 e. The third kappa shape index (κ3) is 3.92. The number of nitrogens with two attached hydrogens (primary N) is 1. The van der Waals surface area contributed by atoms with Gasteiger partial charge >= 0.3 is 0 Å². The summed E-state index contributed by atoms with van der Waals surface area (Å²) in [5.74, 6) is 0.753. The Balaban J connectivity index is 2.92. The number of ether oxygens (including phenoxy) is 1. The molecule has 0 atom stereocenters. The van der Waals surface area contributed by atoms with Gasteiger partial charge in [-0.05, 0) is 18.9 Å². The standard InChI is InChI=1S/C13H24N4O/c1-4-12(5-2)17(8-9-18-3)13-15-7-6-11(10-14)16-13/h6-7,12H,4-5,8-10,14H2,1-3H3. The Labute approximate surface area is 109 Å². The molecule has 0 radical (unpaired) electrons. The Morgan fingerprint density at radius 2 is 2.11 bits per heavy atom. The van der Waals surface area contributed by atoms with Gasteiger partial charge < -0.3 is 15.4 Å². The summed E-state index contributed by atoms with van der Waals surface area (Å²) in [5, 5.41) is 0. The maximum absolute atomic E-state index is 5.63. The fourth-order valence-corrected chi connectivity index (χ4v) is 2.00. The largest absolute Gasteiger partial charge is 0.383 e. The predicted molar refractivity (Wildman–Crippen MR) is 73.5 cm³/mol. The van der Waals surface area contributed by atoms with Crippen LogP contribution < -0.4 is 10.6 Å². The van der Waals surface area contributed by atoms with E-state index in [9.17, 15) is 0 Å². The van der Waals surface area contributed by atoms with Crippen molar-refractivity contribution in [3.8, 4) is 0 Å². The maximum atomic E-state index is 5.63. The number of methoxy groups -OCH3 is 1. The monoisotopic (exact) mass is 252 g/mol. The van der Waals surface area contributed by atoms with Gasteiger partial charge in [-0.1, -0.05) is 13.8 Å². The number of nitrogens with zero attached hydrogens (tertiary/aromatic N) is 3. The maximum Gasteiger partial charge on any atom is 0.225 e. The minimum absolute atomic E-state index is 0.438. The Morgan fingerprint density at radius 3 is 2.67 bits per heavy atom. The van der Waals surface area contributed by atoms with Crippen molar-refractivity contribution in [3.05, 3.63) is 18.0 Å². The smallest absolute Gasteiger partial charge is 0.225 e. The molecule has 0 aliphatic carbocycles. The lowest BCUT2D eigenvalue weighted by Gasteiger charge is -2.30. The predicted octanol–water partition coefficient (Wildman–Crippen LogP) is 1.58. The van der Waals surface area contributed by atoms with E-state index in [1.54, 1.807) is 13.3 Å². The molecule has 2 N–H and O–H groups in total. The molecule has 0 spiro atoms. The summed E-state index contributed by atoms with van der Waals surface area (Å²) in [5.41, 5.74) is 6.50. The molecule has 1 rings (SSSR count). The molecule has 102 valence electrons. The molecular formula is C13H24N4O. The first-order chi connectivity index (χ1) is 8.76. The first-order valence-electron chi connectivity index (χ1n) is 6.54. The highest BCUT2D eigenvalue weighted by Gasteiger charge is 2.18. The van der Waals surface area contributed by atoms with Gasteiger partial charge in [-0.15, -0.1) is 0 Å². The van der Waals surface area contributed by atoms with Crippen LogP contribution in [0, 0.1) is 0 Å². The van der Waals surface area contributed by atoms with Gasteiger partial charge in [-0.2, -0.15) is 0 Å².